The lowest BCUT2D eigenvalue weighted by Gasteiger charge is -2.19. The predicted molar refractivity (Wildman–Crippen MR) is 82.8 cm³/mol. The Morgan fingerprint density at radius 1 is 1.21 bits per heavy atom. The Morgan fingerprint density at radius 2 is 1.89 bits per heavy atom. The Morgan fingerprint density at radius 3 is 2.53 bits per heavy atom. The van der Waals surface area contributed by atoms with Gasteiger partial charge in [0.15, 0.2) is 0 Å². The second-order valence-corrected chi connectivity index (χ2v) is 5.66. The van der Waals surface area contributed by atoms with Crippen LogP contribution < -0.4 is 10.5 Å². The van der Waals surface area contributed by atoms with Gasteiger partial charge in [-0.3, -0.25) is 0 Å². The van der Waals surface area contributed by atoms with E-state index in [2.05, 4.69) is 15.9 Å². The molecule has 2 nitrogen and oxygen atoms in total. The normalized spacial score (nSPS) is 12.2. The minimum Gasteiger partial charge on any atom is -0.484 e. The third kappa shape index (κ3) is 3.72. The average Bonchev–Trinajstić information content (AvgIpc) is 2.41. The fourth-order valence-corrected chi connectivity index (χ4v) is 2.25. The molecule has 0 fully saturated rings. The van der Waals surface area contributed by atoms with Crippen LogP contribution in [-0.4, -0.2) is 6.54 Å². The van der Waals surface area contributed by atoms with Gasteiger partial charge in [-0.25, -0.2) is 0 Å². The molecule has 100 valence electrons. The van der Waals surface area contributed by atoms with Crippen molar-refractivity contribution in [3.63, 3.8) is 0 Å². The summed E-state index contributed by atoms with van der Waals surface area (Å²) in [5.41, 5.74) is 7.91. The molecule has 0 radical (unpaired) electrons. The van der Waals surface area contributed by atoms with Gasteiger partial charge in [-0.2, -0.15) is 0 Å². The highest BCUT2D eigenvalue weighted by Gasteiger charge is 2.13. The third-order valence-electron chi connectivity index (χ3n) is 2.88. The first-order valence-corrected chi connectivity index (χ1v) is 7.15. The average molecular weight is 341 g/mol. The van der Waals surface area contributed by atoms with Crippen molar-refractivity contribution in [1.82, 2.24) is 0 Å². The van der Waals surface area contributed by atoms with E-state index in [4.69, 9.17) is 22.1 Å². The van der Waals surface area contributed by atoms with E-state index in [1.54, 1.807) is 0 Å². The van der Waals surface area contributed by atoms with Crippen molar-refractivity contribution < 1.29 is 4.74 Å². The van der Waals surface area contributed by atoms with Gasteiger partial charge in [0.25, 0.3) is 0 Å². The molecule has 2 rings (SSSR count). The molecular weight excluding hydrogens is 326 g/mol. The highest BCUT2D eigenvalue weighted by molar-refractivity contribution is 9.10. The molecule has 0 aliphatic carbocycles. The topological polar surface area (TPSA) is 35.2 Å². The molecule has 2 N–H and O–H groups in total. The molecule has 0 aliphatic rings. The Balaban J connectivity index is 2.23. The Kier molecular flexibility index (Phi) is 4.86. The highest BCUT2D eigenvalue weighted by Crippen LogP contribution is 2.28. The molecule has 0 saturated carbocycles. The van der Waals surface area contributed by atoms with Crippen LogP contribution in [0.5, 0.6) is 5.75 Å². The van der Waals surface area contributed by atoms with Gasteiger partial charge in [-0.1, -0.05) is 45.7 Å². The lowest BCUT2D eigenvalue weighted by Crippen LogP contribution is -2.18. The maximum Gasteiger partial charge on any atom is 0.136 e. The van der Waals surface area contributed by atoms with Gasteiger partial charge in [-0.15, -0.1) is 0 Å². The zero-order chi connectivity index (χ0) is 13.8. The standard InChI is InChI=1S/C15H15BrClNO/c1-10-2-5-12(16)8-14(10)19-15(9-18)11-3-6-13(17)7-4-11/h2-8,15H,9,18H2,1H3. The molecule has 0 aromatic heterocycles. The fourth-order valence-electron chi connectivity index (χ4n) is 1.78. The molecule has 2 aromatic rings. The highest BCUT2D eigenvalue weighted by atomic mass is 79.9. The van der Waals surface area contributed by atoms with E-state index in [0.717, 1.165) is 21.3 Å². The summed E-state index contributed by atoms with van der Waals surface area (Å²) < 4.78 is 6.99. The smallest absolute Gasteiger partial charge is 0.136 e. The quantitative estimate of drug-likeness (QED) is 0.890. The Hall–Kier alpha value is -1.03. The first-order valence-electron chi connectivity index (χ1n) is 5.98. The summed E-state index contributed by atoms with van der Waals surface area (Å²) in [7, 11) is 0. The largest absolute Gasteiger partial charge is 0.484 e. The van der Waals surface area contributed by atoms with Crippen molar-refractivity contribution in [3.8, 4) is 5.75 Å². The van der Waals surface area contributed by atoms with Gasteiger partial charge in [0.2, 0.25) is 0 Å². The molecule has 1 unspecified atom stereocenters. The van der Waals surface area contributed by atoms with E-state index in [1.807, 2.05) is 49.4 Å². The van der Waals surface area contributed by atoms with Crippen molar-refractivity contribution in [2.45, 2.75) is 13.0 Å². The fraction of sp³-hybridized carbons (Fsp3) is 0.200. The minimum atomic E-state index is -0.176. The first-order chi connectivity index (χ1) is 9.10. The van der Waals surface area contributed by atoms with E-state index in [9.17, 15) is 0 Å². The van der Waals surface area contributed by atoms with Crippen LogP contribution >= 0.6 is 27.5 Å². The predicted octanol–water partition coefficient (Wildman–Crippen LogP) is 4.49. The summed E-state index contributed by atoms with van der Waals surface area (Å²) >= 11 is 9.33. The first kappa shape index (κ1) is 14.4. The number of aryl methyl sites for hydroxylation is 1. The van der Waals surface area contributed by atoms with Crippen LogP contribution in [0.1, 0.15) is 17.2 Å². The van der Waals surface area contributed by atoms with Gasteiger partial charge in [-0.05, 0) is 42.3 Å². The van der Waals surface area contributed by atoms with E-state index in [0.29, 0.717) is 11.6 Å². The summed E-state index contributed by atoms with van der Waals surface area (Å²) in [6, 6.07) is 13.5. The molecular formula is C15H15BrClNO. The third-order valence-corrected chi connectivity index (χ3v) is 3.62. The molecule has 0 amide bonds. The lowest BCUT2D eigenvalue weighted by atomic mass is 10.1. The number of nitrogens with two attached hydrogens (primary N) is 1. The molecule has 1 atom stereocenters. The van der Waals surface area contributed by atoms with E-state index >= 15 is 0 Å². The van der Waals surface area contributed by atoms with Crippen LogP contribution in [0.15, 0.2) is 46.9 Å². The van der Waals surface area contributed by atoms with Crippen LogP contribution in [0.25, 0.3) is 0 Å². The van der Waals surface area contributed by atoms with Crippen LogP contribution in [0.2, 0.25) is 5.02 Å². The van der Waals surface area contributed by atoms with Gasteiger partial charge in [0.1, 0.15) is 11.9 Å². The molecule has 0 bridgehead atoms. The monoisotopic (exact) mass is 339 g/mol. The van der Waals surface area contributed by atoms with E-state index in [-0.39, 0.29) is 6.10 Å². The van der Waals surface area contributed by atoms with Crippen LogP contribution in [0, 0.1) is 6.92 Å². The number of rotatable bonds is 4. The zero-order valence-corrected chi connectivity index (χ0v) is 12.9. The molecule has 19 heavy (non-hydrogen) atoms. The lowest BCUT2D eigenvalue weighted by molar-refractivity contribution is 0.212. The SMILES string of the molecule is Cc1ccc(Br)cc1OC(CN)c1ccc(Cl)cc1. The van der Waals surface area contributed by atoms with Crippen LogP contribution in [-0.2, 0) is 0 Å². The van der Waals surface area contributed by atoms with Gasteiger partial charge in [0.05, 0.1) is 0 Å². The number of halogens is 2. The van der Waals surface area contributed by atoms with Crippen LogP contribution in [0.3, 0.4) is 0 Å². The van der Waals surface area contributed by atoms with Crippen molar-refractivity contribution in [1.29, 1.82) is 0 Å². The van der Waals surface area contributed by atoms with Crippen LogP contribution in [0.4, 0.5) is 0 Å². The number of hydrogen-bond acceptors (Lipinski definition) is 2. The summed E-state index contributed by atoms with van der Waals surface area (Å²) in [4.78, 5) is 0. The van der Waals surface area contributed by atoms with Crippen molar-refractivity contribution >= 4 is 27.5 Å². The van der Waals surface area contributed by atoms with Gasteiger partial charge >= 0.3 is 0 Å². The molecule has 0 saturated heterocycles. The van der Waals surface area contributed by atoms with E-state index < -0.39 is 0 Å². The molecule has 0 aliphatic heterocycles. The van der Waals surface area contributed by atoms with Crippen molar-refractivity contribution in [3.05, 3.63) is 63.1 Å². The Bertz CT molecular complexity index is 557. The zero-order valence-electron chi connectivity index (χ0n) is 10.6. The summed E-state index contributed by atoms with van der Waals surface area (Å²) in [5.74, 6) is 0.833. The molecule has 2 aromatic carbocycles. The van der Waals surface area contributed by atoms with Gasteiger partial charge < -0.3 is 10.5 Å². The van der Waals surface area contributed by atoms with Crippen molar-refractivity contribution in [2.75, 3.05) is 6.54 Å². The molecule has 0 heterocycles. The maximum atomic E-state index is 6.00. The van der Waals surface area contributed by atoms with Crippen molar-refractivity contribution in [2.24, 2.45) is 5.73 Å². The summed E-state index contributed by atoms with van der Waals surface area (Å²) in [5, 5.41) is 0.707. The molecule has 4 heteroatoms. The number of benzene rings is 2. The second-order valence-electron chi connectivity index (χ2n) is 4.30. The minimum absolute atomic E-state index is 0.176. The number of ether oxygens (including phenoxy) is 1. The van der Waals surface area contributed by atoms with E-state index in [1.165, 1.54) is 0 Å². The molecule has 0 spiro atoms. The van der Waals surface area contributed by atoms with Gasteiger partial charge in [0, 0.05) is 16.0 Å². The second kappa shape index (κ2) is 6.42. The Labute approximate surface area is 126 Å². The number of hydrogen-bond donors (Lipinski definition) is 1. The summed E-state index contributed by atoms with van der Waals surface area (Å²) in [6.45, 7) is 2.42. The maximum absolute atomic E-state index is 6.00. The summed E-state index contributed by atoms with van der Waals surface area (Å²) in [6.07, 6.45) is -0.176.